The maximum absolute atomic E-state index is 6.05. The fourth-order valence-electron chi connectivity index (χ4n) is 2.08. The maximum atomic E-state index is 6.05. The van der Waals surface area contributed by atoms with Crippen LogP contribution in [0.15, 0.2) is 23.7 Å². The highest BCUT2D eigenvalue weighted by Gasteiger charge is 2.52. The van der Waals surface area contributed by atoms with E-state index in [4.69, 9.17) is 20.8 Å². The van der Waals surface area contributed by atoms with Crippen LogP contribution < -0.4 is 11.5 Å². The minimum absolute atomic E-state index is 0.361. The smallest absolute Gasteiger partial charge is 0.400 e. The Morgan fingerprint density at radius 1 is 1.14 bits per heavy atom. The summed E-state index contributed by atoms with van der Waals surface area (Å²) in [7, 11) is -0.397. The zero-order valence-corrected chi connectivity index (χ0v) is 13.9. The summed E-state index contributed by atoms with van der Waals surface area (Å²) >= 11 is 4.40. The lowest BCUT2D eigenvalue weighted by Crippen LogP contribution is -2.41. The van der Waals surface area contributed by atoms with Crippen molar-refractivity contribution in [3.63, 3.8) is 0 Å². The first-order valence-electron chi connectivity index (χ1n) is 6.98. The van der Waals surface area contributed by atoms with E-state index < -0.39 is 7.12 Å². The van der Waals surface area contributed by atoms with Gasteiger partial charge in [-0.2, -0.15) is 12.6 Å². The largest absolute Gasteiger partial charge is 0.491 e. The van der Waals surface area contributed by atoms with E-state index in [1.807, 2.05) is 45.9 Å². The van der Waals surface area contributed by atoms with Gasteiger partial charge in [0.1, 0.15) is 0 Å². The Morgan fingerprint density at radius 3 is 2.19 bits per heavy atom. The number of rotatable bonds is 3. The second-order valence-electron chi connectivity index (χ2n) is 6.35. The molecule has 4 N–H and O–H groups in total. The summed E-state index contributed by atoms with van der Waals surface area (Å²) in [5, 5.41) is 0. The van der Waals surface area contributed by atoms with Crippen molar-refractivity contribution in [3.05, 3.63) is 29.2 Å². The first-order chi connectivity index (χ1) is 9.66. The van der Waals surface area contributed by atoms with E-state index in [0.717, 1.165) is 11.0 Å². The predicted octanol–water partition coefficient (Wildman–Crippen LogP) is 2.80. The van der Waals surface area contributed by atoms with Crippen molar-refractivity contribution in [2.75, 3.05) is 17.2 Å². The first-order valence-corrected chi connectivity index (χ1v) is 7.61. The van der Waals surface area contributed by atoms with Crippen molar-refractivity contribution in [2.45, 2.75) is 38.9 Å². The third kappa shape index (κ3) is 3.22. The number of nitrogen functional groups attached to an aromatic ring is 2. The number of benzene rings is 1. The van der Waals surface area contributed by atoms with Crippen LogP contribution in [0.1, 0.15) is 33.3 Å². The minimum Gasteiger partial charge on any atom is -0.400 e. The van der Waals surface area contributed by atoms with Gasteiger partial charge in [0.15, 0.2) is 0 Å². The molecular formula is C15H23BN2O2S. The lowest BCUT2D eigenvalue weighted by molar-refractivity contribution is 0.00578. The SMILES string of the molecule is CC1(C)OB(C(=Cc2ccc(N)c(N)c2)CS)OC1(C)C. The van der Waals surface area contributed by atoms with E-state index in [1.54, 1.807) is 6.07 Å². The molecule has 1 saturated heterocycles. The molecule has 6 heteroatoms. The molecule has 0 bridgehead atoms. The molecule has 1 fully saturated rings. The Kier molecular flexibility index (Phi) is 4.33. The molecule has 0 atom stereocenters. The van der Waals surface area contributed by atoms with E-state index in [2.05, 4.69) is 12.6 Å². The number of nitrogens with two attached hydrogens (primary N) is 2. The van der Waals surface area contributed by atoms with Crippen LogP contribution in [-0.4, -0.2) is 24.1 Å². The summed E-state index contributed by atoms with van der Waals surface area (Å²) in [6.07, 6.45) is 1.99. The van der Waals surface area contributed by atoms with Crippen molar-refractivity contribution in [3.8, 4) is 0 Å². The lowest BCUT2D eigenvalue weighted by Gasteiger charge is -2.32. The monoisotopic (exact) mass is 306 g/mol. The van der Waals surface area contributed by atoms with E-state index in [1.165, 1.54) is 0 Å². The normalized spacial score (nSPS) is 20.8. The molecule has 1 heterocycles. The first kappa shape index (κ1) is 16.3. The molecular weight excluding hydrogens is 283 g/mol. The van der Waals surface area contributed by atoms with Gasteiger partial charge >= 0.3 is 7.12 Å². The summed E-state index contributed by atoms with van der Waals surface area (Å²) in [5.41, 5.74) is 13.9. The Labute approximate surface area is 132 Å². The molecule has 0 amide bonds. The van der Waals surface area contributed by atoms with E-state index in [9.17, 15) is 0 Å². The lowest BCUT2D eigenvalue weighted by atomic mass is 9.78. The van der Waals surface area contributed by atoms with Gasteiger partial charge in [0.05, 0.1) is 22.6 Å². The van der Waals surface area contributed by atoms with Crippen molar-refractivity contribution in [2.24, 2.45) is 0 Å². The van der Waals surface area contributed by atoms with Crippen LogP contribution >= 0.6 is 12.6 Å². The van der Waals surface area contributed by atoms with Crippen molar-refractivity contribution in [1.29, 1.82) is 0 Å². The standard InChI is InChI=1S/C15H23BN2O2S/c1-14(2)15(3,4)20-16(19-14)11(9-21)7-10-5-6-12(17)13(18)8-10/h5-8,21H,9,17-18H2,1-4H3. The quantitative estimate of drug-likeness (QED) is 0.456. The van der Waals surface area contributed by atoms with Gasteiger partial charge in [0.2, 0.25) is 0 Å². The van der Waals surface area contributed by atoms with Crippen LogP contribution in [0.5, 0.6) is 0 Å². The molecule has 0 aliphatic carbocycles. The van der Waals surface area contributed by atoms with Gasteiger partial charge in [0.25, 0.3) is 0 Å². The van der Waals surface area contributed by atoms with Crippen LogP contribution in [0.4, 0.5) is 11.4 Å². The van der Waals surface area contributed by atoms with Crippen LogP contribution in [0.3, 0.4) is 0 Å². The van der Waals surface area contributed by atoms with Crippen molar-refractivity contribution < 1.29 is 9.31 Å². The zero-order valence-electron chi connectivity index (χ0n) is 13.0. The Morgan fingerprint density at radius 2 is 1.71 bits per heavy atom. The maximum Gasteiger partial charge on any atom is 0.491 e. The van der Waals surface area contributed by atoms with Gasteiger partial charge in [-0.1, -0.05) is 12.1 Å². The van der Waals surface area contributed by atoms with Gasteiger partial charge in [-0.15, -0.1) is 0 Å². The Bertz CT molecular complexity index is 557. The summed E-state index contributed by atoms with van der Waals surface area (Å²) in [4.78, 5) is 0. The Balaban J connectivity index is 2.28. The van der Waals surface area contributed by atoms with E-state index in [0.29, 0.717) is 17.1 Å². The molecule has 0 radical (unpaired) electrons. The molecule has 21 heavy (non-hydrogen) atoms. The number of thiol groups is 1. The summed E-state index contributed by atoms with van der Waals surface area (Å²) in [5.74, 6) is 0.543. The highest BCUT2D eigenvalue weighted by Crippen LogP contribution is 2.39. The third-order valence-corrected chi connectivity index (χ3v) is 4.57. The zero-order chi connectivity index (χ0) is 15.8. The average molecular weight is 306 g/mol. The molecule has 1 aliphatic rings. The molecule has 1 aliphatic heterocycles. The molecule has 0 aromatic heterocycles. The van der Waals surface area contributed by atoms with Gasteiger partial charge in [-0.05, 0) is 50.9 Å². The number of anilines is 2. The second kappa shape index (κ2) is 5.59. The highest BCUT2D eigenvalue weighted by atomic mass is 32.1. The van der Waals surface area contributed by atoms with Crippen molar-refractivity contribution >= 4 is 37.2 Å². The van der Waals surface area contributed by atoms with Crippen LogP contribution in [0, 0.1) is 0 Å². The highest BCUT2D eigenvalue weighted by molar-refractivity contribution is 7.80. The number of hydrogen-bond donors (Lipinski definition) is 3. The van der Waals surface area contributed by atoms with E-state index in [-0.39, 0.29) is 11.2 Å². The molecule has 0 spiro atoms. The van der Waals surface area contributed by atoms with E-state index >= 15 is 0 Å². The van der Waals surface area contributed by atoms with Crippen LogP contribution in [0.25, 0.3) is 6.08 Å². The third-order valence-electron chi connectivity index (χ3n) is 4.20. The molecule has 1 aromatic rings. The van der Waals surface area contributed by atoms with Gasteiger partial charge in [0, 0.05) is 5.75 Å². The molecule has 0 saturated carbocycles. The second-order valence-corrected chi connectivity index (χ2v) is 6.67. The van der Waals surface area contributed by atoms with Crippen LogP contribution in [-0.2, 0) is 9.31 Å². The van der Waals surface area contributed by atoms with Gasteiger partial charge in [-0.3, -0.25) is 0 Å². The predicted molar refractivity (Wildman–Crippen MR) is 93.2 cm³/mol. The van der Waals surface area contributed by atoms with Gasteiger partial charge in [-0.25, -0.2) is 0 Å². The van der Waals surface area contributed by atoms with Crippen LogP contribution in [0.2, 0.25) is 0 Å². The number of hydrogen-bond acceptors (Lipinski definition) is 5. The molecule has 0 unspecified atom stereocenters. The van der Waals surface area contributed by atoms with Crippen molar-refractivity contribution in [1.82, 2.24) is 0 Å². The average Bonchev–Trinajstić information content (AvgIpc) is 2.59. The molecule has 2 rings (SSSR count). The van der Waals surface area contributed by atoms with Gasteiger partial charge < -0.3 is 20.8 Å². The summed E-state index contributed by atoms with van der Waals surface area (Å²) in [6, 6.07) is 5.55. The molecule has 1 aromatic carbocycles. The summed E-state index contributed by atoms with van der Waals surface area (Å²) in [6.45, 7) is 8.13. The summed E-state index contributed by atoms with van der Waals surface area (Å²) < 4.78 is 12.1. The molecule has 4 nitrogen and oxygen atoms in total. The Hall–Kier alpha value is -1.11. The fourth-order valence-corrected chi connectivity index (χ4v) is 2.32. The molecule has 114 valence electrons. The fraction of sp³-hybridized carbons (Fsp3) is 0.467. The minimum atomic E-state index is -0.397. The topological polar surface area (TPSA) is 70.5 Å².